The zero-order valence-corrected chi connectivity index (χ0v) is 13.3. The van der Waals surface area contributed by atoms with Crippen LogP contribution in [0.1, 0.15) is 43.5 Å². The first-order valence-electron chi connectivity index (χ1n) is 7.03. The van der Waals surface area contributed by atoms with E-state index in [1.54, 1.807) is 0 Å². The third-order valence-corrected chi connectivity index (χ3v) is 5.31. The van der Waals surface area contributed by atoms with E-state index in [4.69, 9.17) is 23.2 Å². The van der Waals surface area contributed by atoms with Crippen molar-refractivity contribution in [1.29, 1.82) is 0 Å². The number of nitrogens with one attached hydrogen (secondary N) is 1. The number of hydrogen-bond donors (Lipinski definition) is 1. The van der Waals surface area contributed by atoms with Gasteiger partial charge in [-0.3, -0.25) is 4.68 Å². The summed E-state index contributed by atoms with van der Waals surface area (Å²) in [6, 6.07) is 0. The lowest BCUT2D eigenvalue weighted by Crippen LogP contribution is -2.37. The normalized spacial score (nSPS) is 18.7. The van der Waals surface area contributed by atoms with E-state index in [9.17, 15) is 0 Å². The first-order chi connectivity index (χ1) is 9.08. The summed E-state index contributed by atoms with van der Waals surface area (Å²) in [4.78, 5) is 0. The van der Waals surface area contributed by atoms with Gasteiger partial charge in [-0.05, 0) is 25.2 Å². The lowest BCUT2D eigenvalue weighted by Gasteiger charge is -2.35. The number of aryl methyl sites for hydroxylation is 2. The molecule has 3 nitrogen and oxygen atoms in total. The van der Waals surface area contributed by atoms with Gasteiger partial charge in [0.15, 0.2) is 0 Å². The van der Waals surface area contributed by atoms with E-state index in [1.807, 2.05) is 18.7 Å². The van der Waals surface area contributed by atoms with Crippen LogP contribution in [0, 0.1) is 12.3 Å². The number of alkyl halides is 1. The summed E-state index contributed by atoms with van der Waals surface area (Å²) in [5.41, 5.74) is 2.23. The molecule has 5 heteroatoms. The molecule has 2 rings (SSSR count). The van der Waals surface area contributed by atoms with Gasteiger partial charge in [-0.1, -0.05) is 30.9 Å². The number of rotatable bonds is 5. The van der Waals surface area contributed by atoms with Crippen LogP contribution in [-0.4, -0.2) is 22.2 Å². The van der Waals surface area contributed by atoms with E-state index in [0.717, 1.165) is 35.4 Å². The van der Waals surface area contributed by atoms with Crippen LogP contribution in [0.3, 0.4) is 0 Å². The third kappa shape index (κ3) is 3.45. The van der Waals surface area contributed by atoms with E-state index in [-0.39, 0.29) is 5.41 Å². The summed E-state index contributed by atoms with van der Waals surface area (Å²) in [7, 11) is 1.94. The molecule has 1 N–H and O–H groups in total. The van der Waals surface area contributed by atoms with Crippen molar-refractivity contribution < 1.29 is 0 Å². The zero-order chi connectivity index (χ0) is 13.9. The molecule has 1 fully saturated rings. The van der Waals surface area contributed by atoms with Gasteiger partial charge >= 0.3 is 0 Å². The molecule has 0 amide bonds. The van der Waals surface area contributed by atoms with Gasteiger partial charge in [-0.15, -0.1) is 11.6 Å². The number of nitrogens with zero attached hydrogens (tertiary/aromatic N) is 2. The standard InChI is InChI=1S/C14H23Cl2N3/c1-11-13(16)12(19(2)18-11)8-17-10-14(9-15)6-4-3-5-7-14/h17H,3-10H2,1-2H3. The van der Waals surface area contributed by atoms with Crippen molar-refractivity contribution in [1.82, 2.24) is 15.1 Å². The molecule has 0 aliphatic heterocycles. The van der Waals surface area contributed by atoms with Crippen molar-refractivity contribution in [2.24, 2.45) is 12.5 Å². The van der Waals surface area contributed by atoms with Crippen LogP contribution < -0.4 is 5.32 Å². The van der Waals surface area contributed by atoms with E-state index in [0.29, 0.717) is 0 Å². The molecule has 0 bridgehead atoms. The lowest BCUT2D eigenvalue weighted by molar-refractivity contribution is 0.211. The Balaban J connectivity index is 1.92. The summed E-state index contributed by atoms with van der Waals surface area (Å²) in [6.45, 7) is 3.67. The number of halogens is 2. The van der Waals surface area contributed by atoms with E-state index in [2.05, 4.69) is 10.4 Å². The largest absolute Gasteiger partial charge is 0.311 e. The maximum atomic E-state index is 6.25. The highest BCUT2D eigenvalue weighted by Crippen LogP contribution is 2.36. The fourth-order valence-corrected chi connectivity index (χ4v) is 3.57. The van der Waals surface area contributed by atoms with Crippen LogP contribution in [-0.2, 0) is 13.6 Å². The fourth-order valence-electron chi connectivity index (χ4n) is 2.98. The average Bonchev–Trinajstić information content (AvgIpc) is 2.66. The van der Waals surface area contributed by atoms with Crippen molar-refractivity contribution >= 4 is 23.2 Å². The summed E-state index contributed by atoms with van der Waals surface area (Å²) < 4.78 is 1.86. The van der Waals surface area contributed by atoms with Crippen molar-refractivity contribution in [2.45, 2.75) is 45.6 Å². The Morgan fingerprint density at radius 1 is 1.32 bits per heavy atom. The van der Waals surface area contributed by atoms with Gasteiger partial charge in [0.2, 0.25) is 0 Å². The topological polar surface area (TPSA) is 29.9 Å². The molecule has 1 aliphatic rings. The SMILES string of the molecule is Cc1nn(C)c(CNCC2(CCl)CCCCC2)c1Cl. The van der Waals surface area contributed by atoms with Gasteiger partial charge in [0.1, 0.15) is 0 Å². The summed E-state index contributed by atoms with van der Waals surface area (Å²) in [6.07, 6.45) is 6.44. The maximum Gasteiger partial charge on any atom is 0.0860 e. The van der Waals surface area contributed by atoms with Gasteiger partial charge in [-0.25, -0.2) is 0 Å². The third-order valence-electron chi connectivity index (χ3n) is 4.25. The second-order valence-corrected chi connectivity index (χ2v) is 6.41. The zero-order valence-electron chi connectivity index (χ0n) is 11.8. The van der Waals surface area contributed by atoms with E-state index < -0.39 is 0 Å². The Kier molecular flexibility index (Phi) is 5.15. The lowest BCUT2D eigenvalue weighted by atomic mass is 9.75. The summed E-state index contributed by atoms with van der Waals surface area (Å²) in [5.74, 6) is 0.748. The molecular weight excluding hydrogens is 281 g/mol. The Hall–Kier alpha value is -0.250. The van der Waals surface area contributed by atoms with Crippen LogP contribution in [0.15, 0.2) is 0 Å². The summed E-state index contributed by atoms with van der Waals surface area (Å²) in [5, 5.41) is 8.64. The molecule has 1 saturated carbocycles. The van der Waals surface area contributed by atoms with Crippen molar-refractivity contribution in [3.05, 3.63) is 16.4 Å². The van der Waals surface area contributed by atoms with Crippen molar-refractivity contribution in [2.75, 3.05) is 12.4 Å². The minimum atomic E-state index is 0.278. The molecule has 0 spiro atoms. The average molecular weight is 304 g/mol. The maximum absolute atomic E-state index is 6.25. The van der Waals surface area contributed by atoms with Gasteiger partial charge in [0.25, 0.3) is 0 Å². The van der Waals surface area contributed by atoms with Gasteiger partial charge in [0.05, 0.1) is 16.4 Å². The molecule has 0 radical (unpaired) electrons. The van der Waals surface area contributed by atoms with Crippen LogP contribution in [0.2, 0.25) is 5.02 Å². The Morgan fingerprint density at radius 3 is 2.53 bits per heavy atom. The molecule has 108 valence electrons. The van der Waals surface area contributed by atoms with Gasteiger partial charge in [-0.2, -0.15) is 5.10 Å². The van der Waals surface area contributed by atoms with Gasteiger partial charge in [0, 0.05) is 26.0 Å². The van der Waals surface area contributed by atoms with Crippen molar-refractivity contribution in [3.8, 4) is 0 Å². The highest BCUT2D eigenvalue weighted by atomic mass is 35.5. The summed E-state index contributed by atoms with van der Waals surface area (Å²) >= 11 is 12.5. The molecule has 1 aromatic rings. The Bertz CT molecular complexity index is 423. The first kappa shape index (κ1) is 15.1. The Labute approximate surface area is 125 Å². The van der Waals surface area contributed by atoms with Crippen LogP contribution >= 0.6 is 23.2 Å². The molecular formula is C14H23Cl2N3. The number of aromatic nitrogens is 2. The predicted molar refractivity (Wildman–Crippen MR) is 80.9 cm³/mol. The first-order valence-corrected chi connectivity index (χ1v) is 7.94. The predicted octanol–water partition coefficient (Wildman–Crippen LogP) is 3.66. The fraction of sp³-hybridized carbons (Fsp3) is 0.786. The quantitative estimate of drug-likeness (QED) is 0.841. The molecule has 1 aliphatic carbocycles. The molecule has 19 heavy (non-hydrogen) atoms. The molecule has 0 unspecified atom stereocenters. The molecule has 0 aromatic carbocycles. The van der Waals surface area contributed by atoms with Crippen molar-refractivity contribution in [3.63, 3.8) is 0 Å². The van der Waals surface area contributed by atoms with Crippen LogP contribution in [0.5, 0.6) is 0 Å². The second-order valence-electron chi connectivity index (χ2n) is 5.77. The molecule has 0 atom stereocenters. The van der Waals surface area contributed by atoms with Crippen LogP contribution in [0.4, 0.5) is 0 Å². The number of hydrogen-bond acceptors (Lipinski definition) is 2. The van der Waals surface area contributed by atoms with Gasteiger partial charge < -0.3 is 5.32 Å². The molecule has 1 aromatic heterocycles. The monoisotopic (exact) mass is 303 g/mol. The highest BCUT2D eigenvalue weighted by molar-refractivity contribution is 6.31. The molecule has 1 heterocycles. The second kappa shape index (κ2) is 6.47. The van der Waals surface area contributed by atoms with Crippen LogP contribution in [0.25, 0.3) is 0 Å². The van der Waals surface area contributed by atoms with E-state index >= 15 is 0 Å². The van der Waals surface area contributed by atoms with E-state index in [1.165, 1.54) is 32.1 Å². The smallest absolute Gasteiger partial charge is 0.0860 e. The Morgan fingerprint density at radius 2 is 2.00 bits per heavy atom. The molecule has 0 saturated heterocycles. The minimum Gasteiger partial charge on any atom is -0.311 e. The minimum absolute atomic E-state index is 0.278. The highest BCUT2D eigenvalue weighted by Gasteiger charge is 2.30.